The van der Waals surface area contributed by atoms with Crippen LogP contribution in [-0.4, -0.2) is 44.9 Å². The highest BCUT2D eigenvalue weighted by molar-refractivity contribution is 5.91. The SMILES string of the molecule is CN(C)c1ccc(COC(=O)Nc2ccc(-c3noc(C(F)(F)F)n3)n3nccc23)cn1. The minimum Gasteiger partial charge on any atom is -0.444 e. The third-order valence-electron chi connectivity index (χ3n) is 4.33. The number of halogens is 3. The highest BCUT2D eigenvalue weighted by Crippen LogP contribution is 2.30. The molecular weight excluding hydrogens is 431 g/mol. The van der Waals surface area contributed by atoms with Crippen LogP contribution in [0.2, 0.25) is 0 Å². The molecule has 13 heteroatoms. The minimum absolute atomic E-state index is 0.00323. The van der Waals surface area contributed by atoms with Gasteiger partial charge in [-0.3, -0.25) is 5.32 Å². The van der Waals surface area contributed by atoms with Crippen molar-refractivity contribution in [1.29, 1.82) is 0 Å². The lowest BCUT2D eigenvalue weighted by Gasteiger charge is -2.12. The van der Waals surface area contributed by atoms with E-state index in [1.807, 2.05) is 19.0 Å². The molecule has 0 bridgehead atoms. The third-order valence-corrected chi connectivity index (χ3v) is 4.33. The van der Waals surface area contributed by atoms with Crippen LogP contribution in [0.15, 0.2) is 47.2 Å². The maximum Gasteiger partial charge on any atom is 0.471 e. The van der Waals surface area contributed by atoms with Crippen LogP contribution in [0.4, 0.5) is 29.5 Å². The monoisotopic (exact) mass is 447 g/mol. The molecule has 0 fully saturated rings. The van der Waals surface area contributed by atoms with Gasteiger partial charge in [-0.1, -0.05) is 11.2 Å². The molecular formula is C19H16F3N7O3. The smallest absolute Gasteiger partial charge is 0.444 e. The first-order valence-corrected chi connectivity index (χ1v) is 9.16. The molecule has 0 radical (unpaired) electrons. The number of pyridine rings is 2. The van der Waals surface area contributed by atoms with Crippen molar-refractivity contribution in [3.8, 4) is 11.5 Å². The van der Waals surface area contributed by atoms with Crippen molar-refractivity contribution in [2.24, 2.45) is 0 Å². The van der Waals surface area contributed by atoms with E-state index in [4.69, 9.17) is 4.74 Å². The number of nitrogens with zero attached hydrogens (tertiary/aromatic N) is 6. The Morgan fingerprint density at radius 2 is 2.03 bits per heavy atom. The van der Waals surface area contributed by atoms with E-state index in [-0.39, 0.29) is 18.1 Å². The lowest BCUT2D eigenvalue weighted by Crippen LogP contribution is -2.15. The second kappa shape index (κ2) is 8.17. The van der Waals surface area contributed by atoms with Crippen LogP contribution in [0.5, 0.6) is 0 Å². The van der Waals surface area contributed by atoms with Gasteiger partial charge >= 0.3 is 18.2 Å². The molecule has 4 heterocycles. The number of carbonyl (C=O) groups excluding carboxylic acids is 1. The third kappa shape index (κ3) is 4.31. The summed E-state index contributed by atoms with van der Waals surface area (Å²) in [6.45, 7) is 0.00323. The summed E-state index contributed by atoms with van der Waals surface area (Å²) in [5, 5.41) is 10.0. The summed E-state index contributed by atoms with van der Waals surface area (Å²) in [4.78, 5) is 21.7. The quantitative estimate of drug-likeness (QED) is 0.494. The Hall–Kier alpha value is -4.16. The molecule has 1 N–H and O–H groups in total. The van der Waals surface area contributed by atoms with Gasteiger partial charge in [0, 0.05) is 25.9 Å². The first kappa shape index (κ1) is 21.1. The number of amides is 1. The number of rotatable bonds is 5. The normalized spacial score (nSPS) is 11.5. The molecule has 1 amide bonds. The molecule has 32 heavy (non-hydrogen) atoms. The van der Waals surface area contributed by atoms with E-state index in [0.29, 0.717) is 16.8 Å². The van der Waals surface area contributed by atoms with Crippen molar-refractivity contribution < 1.29 is 27.2 Å². The Labute approximate surface area is 178 Å². The Bertz CT molecular complexity index is 1250. The predicted molar refractivity (Wildman–Crippen MR) is 106 cm³/mol. The van der Waals surface area contributed by atoms with Crippen LogP contribution >= 0.6 is 0 Å². The number of hydrogen-bond acceptors (Lipinski definition) is 8. The van der Waals surface area contributed by atoms with Crippen molar-refractivity contribution in [1.82, 2.24) is 24.7 Å². The molecule has 4 rings (SSSR count). The highest BCUT2D eigenvalue weighted by Gasteiger charge is 2.38. The van der Waals surface area contributed by atoms with Gasteiger partial charge in [0.1, 0.15) is 18.1 Å². The number of anilines is 2. The molecule has 0 aliphatic heterocycles. The topological polar surface area (TPSA) is 111 Å². The molecule has 0 aliphatic rings. The lowest BCUT2D eigenvalue weighted by molar-refractivity contribution is -0.159. The largest absolute Gasteiger partial charge is 0.471 e. The first-order valence-electron chi connectivity index (χ1n) is 9.16. The van der Waals surface area contributed by atoms with Gasteiger partial charge in [0.25, 0.3) is 0 Å². The number of alkyl halides is 3. The summed E-state index contributed by atoms with van der Waals surface area (Å²) >= 11 is 0. The van der Waals surface area contributed by atoms with Crippen LogP contribution < -0.4 is 10.2 Å². The standard InChI is InChI=1S/C19H16F3N7O3/c1-28(2)15-6-3-11(9-23-15)10-31-18(30)25-12-4-5-14(29-13(12)7-8-24-29)16-26-17(32-27-16)19(20,21)22/h3-9H,10H2,1-2H3,(H,25,30). The zero-order chi connectivity index (χ0) is 22.9. The fourth-order valence-corrected chi connectivity index (χ4v) is 2.80. The van der Waals surface area contributed by atoms with Gasteiger partial charge in [-0.2, -0.15) is 23.3 Å². The van der Waals surface area contributed by atoms with Gasteiger partial charge in [-0.15, -0.1) is 0 Å². The number of carbonyl (C=O) groups is 1. The van der Waals surface area contributed by atoms with Gasteiger partial charge in [0.05, 0.1) is 17.4 Å². The first-order chi connectivity index (χ1) is 15.2. The van der Waals surface area contributed by atoms with E-state index in [9.17, 15) is 18.0 Å². The van der Waals surface area contributed by atoms with Crippen molar-refractivity contribution in [3.05, 3.63) is 54.2 Å². The van der Waals surface area contributed by atoms with Crippen LogP contribution in [0, 0.1) is 0 Å². The van der Waals surface area contributed by atoms with E-state index >= 15 is 0 Å². The minimum atomic E-state index is -4.76. The number of aromatic nitrogens is 5. The average molecular weight is 447 g/mol. The summed E-state index contributed by atoms with van der Waals surface area (Å²) < 4.78 is 49.0. The molecule has 0 saturated carbocycles. The summed E-state index contributed by atoms with van der Waals surface area (Å²) in [5.74, 6) is -0.995. The fourth-order valence-electron chi connectivity index (χ4n) is 2.80. The molecule has 0 atom stereocenters. The molecule has 4 aromatic rings. The number of ether oxygens (including phenoxy) is 1. The number of hydrogen-bond donors (Lipinski definition) is 1. The van der Waals surface area contributed by atoms with Gasteiger partial charge in [0.2, 0.25) is 5.82 Å². The summed E-state index contributed by atoms with van der Waals surface area (Å²) in [5.41, 5.74) is 1.58. The van der Waals surface area contributed by atoms with Crippen molar-refractivity contribution in [2.75, 3.05) is 24.3 Å². The fraction of sp³-hybridized carbons (Fsp3) is 0.211. The lowest BCUT2D eigenvalue weighted by atomic mass is 10.2. The Kier molecular flexibility index (Phi) is 5.38. The second-order valence-electron chi connectivity index (χ2n) is 6.80. The van der Waals surface area contributed by atoms with Crippen molar-refractivity contribution >= 4 is 23.1 Å². The molecule has 4 aromatic heterocycles. The molecule has 0 saturated heterocycles. The average Bonchev–Trinajstić information content (AvgIpc) is 3.43. The van der Waals surface area contributed by atoms with Gasteiger partial charge in [-0.05, 0) is 24.3 Å². The van der Waals surface area contributed by atoms with Gasteiger partial charge < -0.3 is 14.2 Å². The van der Waals surface area contributed by atoms with Crippen molar-refractivity contribution in [3.63, 3.8) is 0 Å². The van der Waals surface area contributed by atoms with Gasteiger partial charge in [0.15, 0.2) is 0 Å². The van der Waals surface area contributed by atoms with E-state index in [0.717, 1.165) is 5.82 Å². The van der Waals surface area contributed by atoms with Gasteiger partial charge in [-0.25, -0.2) is 14.3 Å². The van der Waals surface area contributed by atoms with Crippen LogP contribution in [0.1, 0.15) is 11.5 Å². The number of fused-ring (bicyclic) bond motifs is 1. The second-order valence-corrected chi connectivity index (χ2v) is 6.80. The Morgan fingerprint density at radius 1 is 1.22 bits per heavy atom. The van der Waals surface area contributed by atoms with Crippen molar-refractivity contribution in [2.45, 2.75) is 12.8 Å². The zero-order valence-corrected chi connectivity index (χ0v) is 16.8. The maximum absolute atomic E-state index is 12.7. The van der Waals surface area contributed by atoms with Crippen LogP contribution in [0.25, 0.3) is 17.0 Å². The zero-order valence-electron chi connectivity index (χ0n) is 16.8. The molecule has 0 spiro atoms. The summed E-state index contributed by atoms with van der Waals surface area (Å²) in [6.07, 6.45) is -2.47. The molecule has 166 valence electrons. The molecule has 0 unspecified atom stereocenters. The summed E-state index contributed by atoms with van der Waals surface area (Å²) in [6, 6.07) is 8.04. The Balaban J connectivity index is 1.48. The maximum atomic E-state index is 12.7. The molecule has 0 aromatic carbocycles. The summed E-state index contributed by atoms with van der Waals surface area (Å²) in [7, 11) is 3.73. The Morgan fingerprint density at radius 3 is 2.69 bits per heavy atom. The van der Waals surface area contributed by atoms with E-state index < -0.39 is 18.2 Å². The van der Waals surface area contributed by atoms with E-state index in [2.05, 4.69) is 30.1 Å². The molecule has 0 aliphatic carbocycles. The number of nitrogens with one attached hydrogen (secondary N) is 1. The molecule has 10 nitrogen and oxygen atoms in total. The van der Waals surface area contributed by atoms with Crippen LogP contribution in [0.3, 0.4) is 0 Å². The predicted octanol–water partition coefficient (Wildman–Crippen LogP) is 3.61. The highest BCUT2D eigenvalue weighted by atomic mass is 19.4. The van der Waals surface area contributed by atoms with Crippen LogP contribution in [-0.2, 0) is 17.5 Å². The van der Waals surface area contributed by atoms with E-state index in [1.54, 1.807) is 24.4 Å². The van der Waals surface area contributed by atoms with E-state index in [1.165, 1.54) is 22.8 Å².